The van der Waals surface area contributed by atoms with Crippen LogP contribution in [0, 0.1) is 0 Å². The summed E-state index contributed by atoms with van der Waals surface area (Å²) in [7, 11) is -1.94. The van der Waals surface area contributed by atoms with Gasteiger partial charge in [-0.05, 0) is 54.2 Å². The first-order valence-corrected chi connectivity index (χ1v) is 12.1. The molecule has 0 bridgehead atoms. The second-order valence-corrected chi connectivity index (χ2v) is 12.0. The van der Waals surface area contributed by atoms with Crippen molar-refractivity contribution >= 4 is 19.1 Å². The van der Waals surface area contributed by atoms with Crippen LogP contribution in [-0.4, -0.2) is 14.4 Å². The lowest BCUT2D eigenvalue weighted by molar-refractivity contribution is 0.275. The summed E-state index contributed by atoms with van der Waals surface area (Å²) in [6.45, 7) is 15.6. The van der Waals surface area contributed by atoms with Gasteiger partial charge >= 0.3 is 0 Å². The van der Waals surface area contributed by atoms with E-state index < -0.39 is 8.32 Å². The van der Waals surface area contributed by atoms with E-state index in [-0.39, 0.29) is 11.5 Å². The fourth-order valence-electron chi connectivity index (χ4n) is 3.21. The van der Waals surface area contributed by atoms with E-state index in [0.717, 1.165) is 0 Å². The Labute approximate surface area is 154 Å². The third-order valence-electron chi connectivity index (χ3n) is 4.77. The van der Waals surface area contributed by atoms with Crippen molar-refractivity contribution < 1.29 is 4.43 Å². The minimum atomic E-state index is -1.94. The van der Waals surface area contributed by atoms with Gasteiger partial charge in [-0.2, -0.15) is 0 Å². The summed E-state index contributed by atoms with van der Waals surface area (Å²) in [5, 5.41) is 1.33. The van der Waals surface area contributed by atoms with Crippen molar-refractivity contribution in [3.63, 3.8) is 0 Å². The molecule has 2 rings (SSSR count). The SMILES string of the molecule is C/C=C(/c1ccc(C(C)(C)C)cc1)C(C)O[Si](C)(C)c1ccccc1. The minimum absolute atomic E-state index is 0.0763. The van der Waals surface area contributed by atoms with Crippen molar-refractivity contribution in [1.82, 2.24) is 0 Å². The molecule has 0 fully saturated rings. The largest absolute Gasteiger partial charge is 0.406 e. The van der Waals surface area contributed by atoms with Crippen LogP contribution in [0.25, 0.3) is 5.57 Å². The first-order chi connectivity index (χ1) is 11.6. The summed E-state index contributed by atoms with van der Waals surface area (Å²) in [5.74, 6) is 0. The molecular formula is C23H32OSi. The molecule has 25 heavy (non-hydrogen) atoms. The molecule has 134 valence electrons. The Balaban J connectivity index is 2.20. The molecule has 0 aromatic heterocycles. The van der Waals surface area contributed by atoms with Gasteiger partial charge < -0.3 is 4.43 Å². The van der Waals surface area contributed by atoms with E-state index in [2.05, 4.69) is 108 Å². The quantitative estimate of drug-likeness (QED) is 0.608. The number of hydrogen-bond acceptors (Lipinski definition) is 1. The van der Waals surface area contributed by atoms with Crippen molar-refractivity contribution in [2.45, 2.75) is 59.2 Å². The Kier molecular flexibility index (Phi) is 6.07. The van der Waals surface area contributed by atoms with Gasteiger partial charge in [0.1, 0.15) is 0 Å². The zero-order valence-electron chi connectivity index (χ0n) is 16.8. The standard InChI is InChI=1S/C23H32OSi/c1-8-22(19-14-16-20(17-15-19)23(3,4)5)18(2)24-25(6,7)21-12-10-9-11-13-21/h8-18H,1-7H3/b22-8+. The average molecular weight is 353 g/mol. The summed E-state index contributed by atoms with van der Waals surface area (Å²) >= 11 is 0. The van der Waals surface area contributed by atoms with Gasteiger partial charge in [-0.15, -0.1) is 0 Å². The molecular weight excluding hydrogens is 320 g/mol. The van der Waals surface area contributed by atoms with E-state index in [1.807, 2.05) is 0 Å². The molecule has 0 N–H and O–H groups in total. The monoisotopic (exact) mass is 352 g/mol. The Morgan fingerprint density at radius 1 is 0.960 bits per heavy atom. The smallest absolute Gasteiger partial charge is 0.218 e. The highest BCUT2D eigenvalue weighted by atomic mass is 28.4. The van der Waals surface area contributed by atoms with Crippen LogP contribution in [0.15, 0.2) is 60.7 Å². The van der Waals surface area contributed by atoms with Crippen molar-refractivity contribution in [2.24, 2.45) is 0 Å². The highest BCUT2D eigenvalue weighted by Crippen LogP contribution is 2.27. The average Bonchev–Trinajstić information content (AvgIpc) is 2.55. The van der Waals surface area contributed by atoms with Gasteiger partial charge in [0.2, 0.25) is 8.32 Å². The lowest BCUT2D eigenvalue weighted by atomic mass is 9.86. The van der Waals surface area contributed by atoms with E-state index in [4.69, 9.17) is 4.43 Å². The van der Waals surface area contributed by atoms with Crippen LogP contribution in [0.1, 0.15) is 45.7 Å². The fourth-order valence-corrected chi connectivity index (χ4v) is 5.35. The van der Waals surface area contributed by atoms with Gasteiger partial charge in [-0.1, -0.05) is 81.4 Å². The molecule has 2 heteroatoms. The van der Waals surface area contributed by atoms with E-state index >= 15 is 0 Å². The highest BCUT2D eigenvalue weighted by Gasteiger charge is 2.28. The third kappa shape index (κ3) is 4.93. The summed E-state index contributed by atoms with van der Waals surface area (Å²) in [5.41, 5.74) is 4.05. The van der Waals surface area contributed by atoms with Gasteiger partial charge in [0, 0.05) is 0 Å². The van der Waals surface area contributed by atoms with Crippen LogP contribution in [0.4, 0.5) is 0 Å². The number of hydrogen-bond donors (Lipinski definition) is 0. The van der Waals surface area contributed by atoms with Crippen LogP contribution in [0.2, 0.25) is 13.1 Å². The van der Waals surface area contributed by atoms with E-state index in [9.17, 15) is 0 Å². The van der Waals surface area contributed by atoms with Crippen molar-refractivity contribution in [2.75, 3.05) is 0 Å². The molecule has 0 aliphatic rings. The van der Waals surface area contributed by atoms with E-state index in [0.29, 0.717) is 0 Å². The lowest BCUT2D eigenvalue weighted by Crippen LogP contribution is -2.47. The molecule has 0 aliphatic carbocycles. The molecule has 0 saturated carbocycles. The van der Waals surface area contributed by atoms with Gasteiger partial charge in [0.25, 0.3) is 0 Å². The van der Waals surface area contributed by atoms with Crippen LogP contribution in [0.3, 0.4) is 0 Å². The van der Waals surface area contributed by atoms with Gasteiger partial charge in [0.15, 0.2) is 0 Å². The maximum Gasteiger partial charge on any atom is 0.218 e. The Morgan fingerprint density at radius 3 is 2.00 bits per heavy atom. The predicted molar refractivity (Wildman–Crippen MR) is 113 cm³/mol. The van der Waals surface area contributed by atoms with Gasteiger partial charge in [0.05, 0.1) is 6.10 Å². The summed E-state index contributed by atoms with van der Waals surface area (Å²) in [6.07, 6.45) is 2.26. The molecule has 0 amide bonds. The zero-order chi connectivity index (χ0) is 18.7. The third-order valence-corrected chi connectivity index (χ3v) is 7.44. The normalized spacial score (nSPS) is 14.4. The van der Waals surface area contributed by atoms with Crippen molar-refractivity contribution in [3.05, 3.63) is 71.8 Å². The van der Waals surface area contributed by atoms with Crippen molar-refractivity contribution in [3.8, 4) is 0 Å². The van der Waals surface area contributed by atoms with Crippen LogP contribution >= 0.6 is 0 Å². The van der Waals surface area contributed by atoms with Crippen LogP contribution in [0.5, 0.6) is 0 Å². The predicted octanol–water partition coefficient (Wildman–Crippen LogP) is 5.90. The van der Waals surface area contributed by atoms with Crippen LogP contribution in [-0.2, 0) is 9.84 Å². The number of allylic oxidation sites excluding steroid dienone is 1. The molecule has 1 unspecified atom stereocenters. The molecule has 0 spiro atoms. The van der Waals surface area contributed by atoms with Gasteiger partial charge in [-0.3, -0.25) is 0 Å². The van der Waals surface area contributed by atoms with Crippen LogP contribution < -0.4 is 5.19 Å². The van der Waals surface area contributed by atoms with Crippen molar-refractivity contribution in [1.29, 1.82) is 0 Å². The Morgan fingerprint density at radius 2 is 1.52 bits per heavy atom. The Bertz CT molecular complexity index is 706. The summed E-state index contributed by atoms with van der Waals surface area (Å²) < 4.78 is 6.60. The molecule has 2 aromatic carbocycles. The fraction of sp³-hybridized carbons (Fsp3) is 0.391. The summed E-state index contributed by atoms with van der Waals surface area (Å²) in [6, 6.07) is 19.6. The molecule has 0 aliphatic heterocycles. The maximum absolute atomic E-state index is 6.60. The highest BCUT2D eigenvalue weighted by molar-refractivity contribution is 6.84. The second-order valence-electron chi connectivity index (χ2n) is 8.21. The first kappa shape index (κ1) is 19.7. The van der Waals surface area contributed by atoms with Gasteiger partial charge in [-0.25, -0.2) is 0 Å². The first-order valence-electron chi connectivity index (χ1n) is 9.15. The number of rotatable bonds is 5. The zero-order valence-corrected chi connectivity index (χ0v) is 17.8. The molecule has 0 radical (unpaired) electrons. The topological polar surface area (TPSA) is 9.23 Å². The molecule has 0 heterocycles. The molecule has 1 atom stereocenters. The maximum atomic E-state index is 6.60. The molecule has 2 aromatic rings. The Hall–Kier alpha value is -1.64. The number of benzene rings is 2. The lowest BCUT2D eigenvalue weighted by Gasteiger charge is -2.29. The summed E-state index contributed by atoms with van der Waals surface area (Å²) in [4.78, 5) is 0. The second kappa shape index (κ2) is 7.71. The molecule has 0 saturated heterocycles. The molecule has 1 nitrogen and oxygen atoms in total. The van der Waals surface area contributed by atoms with E-state index in [1.165, 1.54) is 21.9 Å². The van der Waals surface area contributed by atoms with E-state index in [1.54, 1.807) is 0 Å². The minimum Gasteiger partial charge on any atom is -0.406 e.